The van der Waals surface area contributed by atoms with Crippen LogP contribution < -0.4 is 32.5 Å². The Labute approximate surface area is 365 Å². The summed E-state index contributed by atoms with van der Waals surface area (Å²) in [5.74, 6) is -1.95. The summed E-state index contributed by atoms with van der Waals surface area (Å²) in [5, 5.41) is 28.2. The van der Waals surface area contributed by atoms with Gasteiger partial charge in [0.2, 0.25) is 11.8 Å². The fourth-order valence-corrected chi connectivity index (χ4v) is 5.56. The molecule has 0 saturated heterocycles. The van der Waals surface area contributed by atoms with Gasteiger partial charge in [-0.1, -0.05) is 52.0 Å². The molecule has 8 N–H and O–H groups in total. The number of hydrogen-bond donors (Lipinski definition) is 7. The van der Waals surface area contributed by atoms with Crippen LogP contribution in [-0.2, 0) is 62.5 Å². The minimum absolute atomic E-state index is 0.148. The summed E-state index contributed by atoms with van der Waals surface area (Å²) in [6, 6.07) is 5.48. The highest BCUT2D eigenvalue weighted by Gasteiger charge is 2.29. The molecule has 2 aromatic rings. The number of nitrogens with one attached hydrogen (secondary N) is 5. The van der Waals surface area contributed by atoms with E-state index in [1.165, 1.54) is 0 Å². The minimum Gasteiger partial charge on any atom is -0.475 e. The van der Waals surface area contributed by atoms with Crippen molar-refractivity contribution in [3.8, 4) is 0 Å². The van der Waals surface area contributed by atoms with Gasteiger partial charge in [0.25, 0.3) is 0 Å². The van der Waals surface area contributed by atoms with Crippen LogP contribution in [0.1, 0.15) is 71.6 Å². The second-order valence-corrected chi connectivity index (χ2v) is 16.0. The summed E-state index contributed by atoms with van der Waals surface area (Å²) < 4.78 is 35.2. The first kappa shape index (κ1) is 53.4. The number of primary amides is 1. The summed E-state index contributed by atoms with van der Waals surface area (Å²) in [6.07, 6.45) is 3.36. The molecule has 20 heteroatoms. The van der Waals surface area contributed by atoms with Crippen molar-refractivity contribution >= 4 is 29.3 Å². The average molecular weight is 878 g/mol. The number of carbonyl (C=O) groups is 4. The standard InChI is InChI=1S/C42H71N9O11/c1-31(2)39(48-38(53)28-46-56)37(52)26-34(8-7-14-44-41(43)55)40(54)47-35-11-9-33(10-12-35)30-62-32(3)45-27-36-29-51(50-49-36)15-17-58-19-21-60-23-25-61-24-22-59-20-18-57-16-13-42(4,5)6/h9-12,29,31,34,39,45-46,56H,3,7-8,13-28,30H2,1-2,4-6H3,(H,47,54)(H,48,53)(H3,43,44,55)/t34-,39+/m1/s1. The number of anilines is 1. The Morgan fingerprint density at radius 1 is 0.871 bits per heavy atom. The highest BCUT2D eigenvalue weighted by atomic mass is 16.6. The van der Waals surface area contributed by atoms with Gasteiger partial charge in [-0.15, -0.1) is 5.10 Å². The molecule has 0 unspecified atom stereocenters. The predicted molar refractivity (Wildman–Crippen MR) is 231 cm³/mol. The second kappa shape index (κ2) is 31.2. The van der Waals surface area contributed by atoms with Gasteiger partial charge in [-0.25, -0.2) is 9.48 Å². The highest BCUT2D eigenvalue weighted by molar-refractivity contribution is 5.97. The monoisotopic (exact) mass is 878 g/mol. The number of nitrogens with zero attached hydrogens (tertiary/aromatic N) is 3. The van der Waals surface area contributed by atoms with Crippen LogP contribution in [0.3, 0.4) is 0 Å². The van der Waals surface area contributed by atoms with Crippen molar-refractivity contribution < 1.29 is 52.8 Å². The number of carbonyl (C=O) groups excluding carboxylic acids is 4. The van der Waals surface area contributed by atoms with Crippen molar-refractivity contribution in [1.82, 2.24) is 36.4 Å². The largest absolute Gasteiger partial charge is 0.475 e. The summed E-state index contributed by atoms with van der Waals surface area (Å²) >= 11 is 0. The zero-order chi connectivity index (χ0) is 45.6. The molecule has 2 rings (SSSR count). The van der Waals surface area contributed by atoms with E-state index in [4.69, 9.17) is 39.4 Å². The number of ketones is 1. The van der Waals surface area contributed by atoms with Crippen molar-refractivity contribution in [1.29, 1.82) is 0 Å². The molecule has 0 aliphatic rings. The summed E-state index contributed by atoms with van der Waals surface area (Å²) in [4.78, 5) is 49.8. The SMILES string of the molecule is C=C(NCc1cn(CCOCCOCCOCCOCCOCCC(C)(C)C)nn1)OCc1ccc(NC(=O)[C@H](CCCNC(N)=O)CC(=O)[C@@H](NC(=O)CNO)C(C)C)cc1. The van der Waals surface area contributed by atoms with Gasteiger partial charge >= 0.3 is 6.03 Å². The Balaban J connectivity index is 1.63. The molecule has 20 nitrogen and oxygen atoms in total. The van der Waals surface area contributed by atoms with E-state index in [1.807, 2.05) is 6.20 Å². The first-order chi connectivity index (χ1) is 29.7. The maximum atomic E-state index is 13.4. The van der Waals surface area contributed by atoms with Crippen molar-refractivity contribution in [3.05, 3.63) is 54.2 Å². The number of hydrogen-bond acceptors (Lipinski definition) is 15. The lowest BCUT2D eigenvalue weighted by Gasteiger charge is -2.24. The second-order valence-electron chi connectivity index (χ2n) is 16.0. The van der Waals surface area contributed by atoms with Gasteiger partial charge in [0.15, 0.2) is 11.7 Å². The van der Waals surface area contributed by atoms with Crippen LogP contribution in [-0.4, -0.2) is 129 Å². The van der Waals surface area contributed by atoms with E-state index in [0.717, 1.165) is 18.6 Å². The number of benzene rings is 1. The molecule has 1 aromatic carbocycles. The number of ether oxygens (including phenoxy) is 6. The molecule has 2 atom stereocenters. The van der Waals surface area contributed by atoms with E-state index < -0.39 is 23.9 Å². The smallest absolute Gasteiger partial charge is 0.312 e. The molecular weight excluding hydrogens is 807 g/mol. The molecule has 0 aliphatic heterocycles. The van der Waals surface area contributed by atoms with Crippen LogP contribution in [0, 0.1) is 17.3 Å². The van der Waals surface area contributed by atoms with Crippen molar-refractivity contribution in [2.75, 3.05) is 84.5 Å². The van der Waals surface area contributed by atoms with Crippen LogP contribution >= 0.6 is 0 Å². The lowest BCUT2D eigenvalue weighted by atomic mass is 9.89. The van der Waals surface area contributed by atoms with E-state index in [1.54, 1.807) is 48.3 Å². The van der Waals surface area contributed by atoms with Gasteiger partial charge in [0, 0.05) is 31.2 Å². The zero-order valence-electron chi connectivity index (χ0n) is 37.2. The molecule has 350 valence electrons. The average Bonchev–Trinajstić information content (AvgIpc) is 3.68. The van der Waals surface area contributed by atoms with Gasteiger partial charge < -0.3 is 60.6 Å². The first-order valence-corrected chi connectivity index (χ1v) is 21.1. The molecule has 1 heterocycles. The summed E-state index contributed by atoms with van der Waals surface area (Å²) in [6.45, 7) is 20.2. The molecule has 4 amide bonds. The van der Waals surface area contributed by atoms with Crippen LogP contribution in [0.15, 0.2) is 42.9 Å². The number of amides is 4. The number of urea groups is 1. The summed E-state index contributed by atoms with van der Waals surface area (Å²) in [7, 11) is 0. The fourth-order valence-electron chi connectivity index (χ4n) is 5.56. The van der Waals surface area contributed by atoms with Crippen LogP contribution in [0.4, 0.5) is 10.5 Å². The molecule has 0 bridgehead atoms. The van der Waals surface area contributed by atoms with E-state index in [2.05, 4.69) is 58.9 Å². The number of nitrogens with two attached hydrogens (primary N) is 1. The Morgan fingerprint density at radius 3 is 2.03 bits per heavy atom. The van der Waals surface area contributed by atoms with E-state index >= 15 is 0 Å². The van der Waals surface area contributed by atoms with E-state index in [0.29, 0.717) is 96.2 Å². The predicted octanol–water partition coefficient (Wildman–Crippen LogP) is 2.66. The van der Waals surface area contributed by atoms with Crippen LogP contribution in [0.2, 0.25) is 0 Å². The molecule has 1 aromatic heterocycles. The van der Waals surface area contributed by atoms with Crippen LogP contribution in [0.5, 0.6) is 0 Å². The lowest BCUT2D eigenvalue weighted by Crippen LogP contribution is -2.48. The third kappa shape index (κ3) is 25.9. The van der Waals surface area contributed by atoms with Gasteiger partial charge in [-0.05, 0) is 54.9 Å². The quantitative estimate of drug-likeness (QED) is 0.0295. The van der Waals surface area contributed by atoms with Crippen LogP contribution in [0.25, 0.3) is 0 Å². The molecule has 0 spiro atoms. The first-order valence-electron chi connectivity index (χ1n) is 21.1. The number of aromatic nitrogens is 3. The third-order valence-corrected chi connectivity index (χ3v) is 9.05. The van der Waals surface area contributed by atoms with Crippen molar-refractivity contribution in [3.63, 3.8) is 0 Å². The maximum absolute atomic E-state index is 13.4. The minimum atomic E-state index is -0.858. The molecule has 0 radical (unpaired) electrons. The topological polar surface area (TPSA) is 261 Å². The number of hydroxylamine groups is 1. The molecular formula is C42H71N9O11. The normalized spacial score (nSPS) is 12.4. The zero-order valence-corrected chi connectivity index (χ0v) is 37.2. The Bertz CT molecular complexity index is 1590. The summed E-state index contributed by atoms with van der Waals surface area (Å²) in [5.41, 5.74) is 9.22. The molecule has 0 aliphatic carbocycles. The van der Waals surface area contributed by atoms with Gasteiger partial charge in [0.05, 0.1) is 91.3 Å². The number of Topliss-reactive ketones (excluding diaryl/α,β-unsaturated/α-hetero) is 1. The number of rotatable bonds is 36. The van der Waals surface area contributed by atoms with E-state index in [9.17, 15) is 19.2 Å². The van der Waals surface area contributed by atoms with Crippen molar-refractivity contribution in [2.45, 2.75) is 86.0 Å². The van der Waals surface area contributed by atoms with E-state index in [-0.39, 0.29) is 55.6 Å². The third-order valence-electron chi connectivity index (χ3n) is 9.05. The van der Waals surface area contributed by atoms with Gasteiger partial charge in [-0.3, -0.25) is 14.4 Å². The molecule has 0 fully saturated rings. The maximum Gasteiger partial charge on any atom is 0.312 e. The lowest BCUT2D eigenvalue weighted by molar-refractivity contribution is -0.131. The van der Waals surface area contributed by atoms with Gasteiger partial charge in [0.1, 0.15) is 12.3 Å². The molecule has 62 heavy (non-hydrogen) atoms. The highest BCUT2D eigenvalue weighted by Crippen LogP contribution is 2.20. The van der Waals surface area contributed by atoms with Crippen molar-refractivity contribution in [2.24, 2.45) is 23.0 Å². The van der Waals surface area contributed by atoms with Gasteiger partial charge in [-0.2, -0.15) is 5.48 Å². The Hall–Kier alpha value is -4.70. The fraction of sp³-hybridized carbons (Fsp3) is 0.667. The molecule has 0 saturated carbocycles. The Kier molecular flexibility index (Phi) is 26.9. The Morgan fingerprint density at radius 2 is 1.47 bits per heavy atom.